The molecule has 0 radical (unpaired) electrons. The van der Waals surface area contributed by atoms with Gasteiger partial charge in [-0.25, -0.2) is 13.2 Å². The molecule has 30 heavy (non-hydrogen) atoms. The lowest BCUT2D eigenvalue weighted by molar-refractivity contribution is 0.0696. The van der Waals surface area contributed by atoms with Gasteiger partial charge in [-0.3, -0.25) is 4.72 Å². The topological polar surface area (TPSA) is 83.5 Å². The van der Waals surface area contributed by atoms with Crippen molar-refractivity contribution >= 4 is 21.7 Å². The van der Waals surface area contributed by atoms with Crippen LogP contribution < -0.4 is 4.72 Å². The molecule has 6 heteroatoms. The number of carboxylic acid groups (broad SMARTS) is 1. The van der Waals surface area contributed by atoms with Gasteiger partial charge in [0.05, 0.1) is 10.5 Å². The normalized spacial score (nSPS) is 11.2. The van der Waals surface area contributed by atoms with Gasteiger partial charge in [-0.1, -0.05) is 49.7 Å². The minimum absolute atomic E-state index is 0.241. The summed E-state index contributed by atoms with van der Waals surface area (Å²) in [4.78, 5) is 11.3. The number of carbonyl (C=O) groups is 1. The van der Waals surface area contributed by atoms with Crippen LogP contribution in [0.3, 0.4) is 0 Å². The second-order valence-corrected chi connectivity index (χ2v) is 8.88. The zero-order chi connectivity index (χ0) is 21.6. The summed E-state index contributed by atoms with van der Waals surface area (Å²) in [5, 5.41) is 9.08. The summed E-state index contributed by atoms with van der Waals surface area (Å²) in [6.45, 7) is 2.09. The van der Waals surface area contributed by atoms with Crippen LogP contribution in [0.15, 0.2) is 77.7 Å². The van der Waals surface area contributed by atoms with Gasteiger partial charge < -0.3 is 5.11 Å². The maximum Gasteiger partial charge on any atom is 0.335 e. The van der Waals surface area contributed by atoms with E-state index in [0.717, 1.165) is 36.0 Å². The second-order valence-electron chi connectivity index (χ2n) is 7.20. The van der Waals surface area contributed by atoms with Crippen LogP contribution in [0, 0.1) is 0 Å². The van der Waals surface area contributed by atoms with Gasteiger partial charge in [0.1, 0.15) is 0 Å². The van der Waals surface area contributed by atoms with E-state index in [9.17, 15) is 13.2 Å². The molecule has 0 atom stereocenters. The molecule has 0 amide bonds. The molecule has 3 aromatic carbocycles. The van der Waals surface area contributed by atoms with Gasteiger partial charge in [-0.2, -0.15) is 0 Å². The summed E-state index contributed by atoms with van der Waals surface area (Å²) in [7, 11) is -3.63. The van der Waals surface area contributed by atoms with E-state index in [1.165, 1.54) is 0 Å². The highest BCUT2D eigenvalue weighted by Crippen LogP contribution is 2.19. The summed E-state index contributed by atoms with van der Waals surface area (Å²) in [6, 6.07) is 21.1. The highest BCUT2D eigenvalue weighted by Gasteiger charge is 2.14. The van der Waals surface area contributed by atoms with Gasteiger partial charge in [0.2, 0.25) is 0 Å². The molecular formula is C24H25NO4S. The first-order valence-corrected chi connectivity index (χ1v) is 11.4. The molecule has 5 nitrogen and oxygen atoms in total. The number of carboxylic acids is 1. The lowest BCUT2D eigenvalue weighted by atomic mass is 10.0. The molecule has 0 unspecified atom stereocenters. The third-order valence-electron chi connectivity index (χ3n) is 4.85. The Morgan fingerprint density at radius 3 is 2.07 bits per heavy atom. The molecule has 3 aromatic rings. The van der Waals surface area contributed by atoms with Gasteiger partial charge in [0.25, 0.3) is 10.0 Å². The Morgan fingerprint density at radius 2 is 1.43 bits per heavy atom. The summed E-state index contributed by atoms with van der Waals surface area (Å²) in [5.74, 6) is -0.937. The number of anilines is 1. The van der Waals surface area contributed by atoms with Crippen LogP contribution in [-0.4, -0.2) is 19.5 Å². The number of rotatable bonds is 9. The average Bonchev–Trinajstić information content (AvgIpc) is 2.74. The average molecular weight is 424 g/mol. The molecule has 0 aliphatic rings. The first-order valence-electron chi connectivity index (χ1n) is 9.90. The van der Waals surface area contributed by atoms with E-state index in [1.54, 1.807) is 42.5 Å². The van der Waals surface area contributed by atoms with Crippen molar-refractivity contribution in [2.45, 2.75) is 37.5 Å². The van der Waals surface area contributed by atoms with Crippen molar-refractivity contribution < 1.29 is 18.3 Å². The third-order valence-corrected chi connectivity index (χ3v) is 6.25. The summed E-state index contributed by atoms with van der Waals surface area (Å²) < 4.78 is 27.8. The predicted octanol–water partition coefficient (Wildman–Crippen LogP) is 4.92. The van der Waals surface area contributed by atoms with E-state index in [0.29, 0.717) is 12.1 Å². The van der Waals surface area contributed by atoms with E-state index in [1.807, 2.05) is 30.3 Å². The van der Waals surface area contributed by atoms with E-state index in [2.05, 4.69) is 11.6 Å². The Labute approximate surface area is 177 Å². The third kappa shape index (κ3) is 5.70. The van der Waals surface area contributed by atoms with Crippen molar-refractivity contribution in [1.82, 2.24) is 0 Å². The SMILES string of the molecule is CCCc1ccc(S(=O)(=O)Nc2ccc(CCc3cccc(C(=O)O)c3)cc2)cc1. The molecule has 0 aromatic heterocycles. The smallest absolute Gasteiger partial charge is 0.335 e. The lowest BCUT2D eigenvalue weighted by Crippen LogP contribution is -2.13. The molecule has 0 saturated heterocycles. The van der Waals surface area contributed by atoms with Crippen LogP contribution >= 0.6 is 0 Å². The Balaban J connectivity index is 1.62. The fourth-order valence-electron chi connectivity index (χ4n) is 3.23. The lowest BCUT2D eigenvalue weighted by Gasteiger charge is -2.10. The summed E-state index contributed by atoms with van der Waals surface area (Å²) in [6.07, 6.45) is 3.38. The quantitative estimate of drug-likeness (QED) is 0.511. The maximum absolute atomic E-state index is 12.6. The molecule has 0 aliphatic carbocycles. The van der Waals surface area contributed by atoms with Crippen LogP contribution in [-0.2, 0) is 29.3 Å². The molecule has 3 rings (SSSR count). The van der Waals surface area contributed by atoms with Crippen LogP contribution in [0.1, 0.15) is 40.4 Å². The minimum atomic E-state index is -3.63. The van der Waals surface area contributed by atoms with Gasteiger partial charge in [-0.15, -0.1) is 0 Å². The number of nitrogens with one attached hydrogen (secondary N) is 1. The summed E-state index contributed by atoms with van der Waals surface area (Å²) in [5.41, 5.74) is 3.90. The van der Waals surface area contributed by atoms with Gasteiger partial charge >= 0.3 is 5.97 Å². The monoisotopic (exact) mass is 423 g/mol. The van der Waals surface area contributed by atoms with E-state index >= 15 is 0 Å². The fourth-order valence-corrected chi connectivity index (χ4v) is 4.28. The van der Waals surface area contributed by atoms with Crippen LogP contribution in [0.2, 0.25) is 0 Å². The van der Waals surface area contributed by atoms with E-state index < -0.39 is 16.0 Å². The van der Waals surface area contributed by atoms with Crippen molar-refractivity contribution in [3.8, 4) is 0 Å². The minimum Gasteiger partial charge on any atom is -0.478 e. The zero-order valence-corrected chi connectivity index (χ0v) is 17.7. The van der Waals surface area contributed by atoms with Crippen molar-refractivity contribution in [1.29, 1.82) is 0 Å². The molecule has 156 valence electrons. The Kier molecular flexibility index (Phi) is 6.90. The molecule has 0 bridgehead atoms. The zero-order valence-electron chi connectivity index (χ0n) is 16.8. The van der Waals surface area contributed by atoms with Crippen molar-refractivity contribution in [2.24, 2.45) is 0 Å². The predicted molar refractivity (Wildman–Crippen MR) is 118 cm³/mol. The van der Waals surface area contributed by atoms with E-state index in [-0.39, 0.29) is 10.5 Å². The van der Waals surface area contributed by atoms with Gasteiger partial charge in [0.15, 0.2) is 0 Å². The molecule has 0 fully saturated rings. The number of aromatic carboxylic acids is 1. The van der Waals surface area contributed by atoms with Gasteiger partial charge in [0, 0.05) is 5.69 Å². The highest BCUT2D eigenvalue weighted by atomic mass is 32.2. The molecular weight excluding hydrogens is 398 g/mol. The number of sulfonamides is 1. The van der Waals surface area contributed by atoms with Crippen LogP contribution in [0.5, 0.6) is 0 Å². The highest BCUT2D eigenvalue weighted by molar-refractivity contribution is 7.92. The molecule has 0 aliphatic heterocycles. The number of aryl methyl sites for hydroxylation is 3. The molecule has 0 spiro atoms. The molecule has 0 heterocycles. The largest absolute Gasteiger partial charge is 0.478 e. The van der Waals surface area contributed by atoms with Crippen molar-refractivity contribution in [3.63, 3.8) is 0 Å². The Hall–Kier alpha value is -3.12. The van der Waals surface area contributed by atoms with Gasteiger partial charge in [-0.05, 0) is 72.4 Å². The second kappa shape index (κ2) is 9.59. The first-order chi connectivity index (χ1) is 14.4. The standard InChI is InChI=1S/C24H25NO4S/c1-2-4-18-11-15-23(16-12-18)30(28,29)25-22-13-9-19(10-14-22)7-8-20-5-3-6-21(17-20)24(26)27/h3,5-6,9-17,25H,2,4,7-8H2,1H3,(H,26,27). The van der Waals surface area contributed by atoms with Crippen LogP contribution in [0.25, 0.3) is 0 Å². The van der Waals surface area contributed by atoms with E-state index in [4.69, 9.17) is 5.11 Å². The molecule has 2 N–H and O–H groups in total. The number of hydrogen-bond acceptors (Lipinski definition) is 3. The Bertz CT molecular complexity index is 1100. The number of benzene rings is 3. The summed E-state index contributed by atoms with van der Waals surface area (Å²) >= 11 is 0. The number of hydrogen-bond donors (Lipinski definition) is 2. The molecule has 0 saturated carbocycles. The van der Waals surface area contributed by atoms with Crippen molar-refractivity contribution in [2.75, 3.05) is 4.72 Å². The maximum atomic E-state index is 12.6. The first kappa shape index (κ1) is 21.6. The fraction of sp³-hybridized carbons (Fsp3) is 0.208. The van der Waals surface area contributed by atoms with Crippen molar-refractivity contribution in [3.05, 3.63) is 95.1 Å². The Morgan fingerprint density at radius 1 is 0.833 bits per heavy atom. The van der Waals surface area contributed by atoms with Crippen LogP contribution in [0.4, 0.5) is 5.69 Å².